The predicted molar refractivity (Wildman–Crippen MR) is 74.8 cm³/mol. The van der Waals surface area contributed by atoms with Crippen LogP contribution in [0.5, 0.6) is 0 Å². The van der Waals surface area contributed by atoms with Crippen LogP contribution in [-0.4, -0.2) is 37.2 Å². The molecule has 1 aliphatic rings. The van der Waals surface area contributed by atoms with Gasteiger partial charge in [0.1, 0.15) is 5.82 Å². The average Bonchev–Trinajstić information content (AvgIpc) is 2.39. The number of nitrogens with zero attached hydrogens (tertiary/aromatic N) is 1. The molecule has 0 aromatic heterocycles. The van der Waals surface area contributed by atoms with Gasteiger partial charge in [-0.2, -0.15) is 0 Å². The molecule has 0 aliphatic carbocycles. The summed E-state index contributed by atoms with van der Waals surface area (Å²) in [4.78, 5) is 2.25. The molecule has 0 radical (unpaired) electrons. The molecule has 1 aliphatic heterocycles. The van der Waals surface area contributed by atoms with Crippen LogP contribution in [0.15, 0.2) is 18.2 Å². The summed E-state index contributed by atoms with van der Waals surface area (Å²) in [5, 5.41) is 0.411. The Hall–Kier alpha value is -0.680. The van der Waals surface area contributed by atoms with Gasteiger partial charge in [-0.05, 0) is 30.2 Å². The Morgan fingerprint density at radius 1 is 1.53 bits per heavy atom. The van der Waals surface area contributed by atoms with E-state index in [-0.39, 0.29) is 18.0 Å². The zero-order valence-electron chi connectivity index (χ0n) is 11.1. The second-order valence-corrected chi connectivity index (χ2v) is 5.29. The van der Waals surface area contributed by atoms with E-state index in [1.165, 1.54) is 12.1 Å². The summed E-state index contributed by atoms with van der Waals surface area (Å²) in [6, 6.07) is 4.61. The summed E-state index contributed by atoms with van der Waals surface area (Å²) < 4.78 is 19.1. The number of hydrogen-bond donors (Lipinski definition) is 1. The molecule has 0 spiro atoms. The number of benzene rings is 1. The first-order chi connectivity index (χ1) is 9.13. The van der Waals surface area contributed by atoms with Crippen LogP contribution in [0.4, 0.5) is 4.39 Å². The van der Waals surface area contributed by atoms with Crippen molar-refractivity contribution in [3.63, 3.8) is 0 Å². The minimum absolute atomic E-state index is 0.00819. The van der Waals surface area contributed by atoms with E-state index in [4.69, 9.17) is 22.1 Å². The lowest BCUT2D eigenvalue weighted by Gasteiger charge is -2.38. The molecule has 1 heterocycles. The topological polar surface area (TPSA) is 38.5 Å². The van der Waals surface area contributed by atoms with Gasteiger partial charge in [-0.15, -0.1) is 0 Å². The summed E-state index contributed by atoms with van der Waals surface area (Å²) >= 11 is 5.92. The summed E-state index contributed by atoms with van der Waals surface area (Å²) in [5.41, 5.74) is 6.71. The van der Waals surface area contributed by atoms with Crippen LogP contribution < -0.4 is 5.73 Å². The first-order valence-electron chi connectivity index (χ1n) is 6.65. The first kappa shape index (κ1) is 14.7. The number of hydrogen-bond acceptors (Lipinski definition) is 3. The number of ether oxygens (including phenoxy) is 1. The van der Waals surface area contributed by atoms with Gasteiger partial charge in [-0.3, -0.25) is 4.90 Å². The Bertz CT molecular complexity index is 410. The van der Waals surface area contributed by atoms with Crippen molar-refractivity contribution in [2.24, 2.45) is 5.73 Å². The third-order valence-electron chi connectivity index (χ3n) is 3.56. The van der Waals surface area contributed by atoms with E-state index >= 15 is 0 Å². The summed E-state index contributed by atoms with van der Waals surface area (Å²) in [6.07, 6.45) is 1.20. The maximum absolute atomic E-state index is 13.5. The van der Waals surface area contributed by atoms with E-state index < -0.39 is 0 Å². The molecule has 0 amide bonds. The van der Waals surface area contributed by atoms with Gasteiger partial charge in [0.2, 0.25) is 0 Å². The van der Waals surface area contributed by atoms with Crippen LogP contribution in [-0.2, 0) is 4.74 Å². The maximum Gasteiger partial charge on any atom is 0.125 e. The lowest BCUT2D eigenvalue weighted by molar-refractivity contribution is -0.0437. The number of halogens is 2. The van der Waals surface area contributed by atoms with Crippen molar-refractivity contribution >= 4 is 11.6 Å². The maximum atomic E-state index is 13.5. The second kappa shape index (κ2) is 6.66. The van der Waals surface area contributed by atoms with Crippen molar-refractivity contribution in [3.8, 4) is 0 Å². The Morgan fingerprint density at radius 3 is 2.95 bits per heavy atom. The third kappa shape index (κ3) is 3.66. The Morgan fingerprint density at radius 2 is 2.32 bits per heavy atom. The van der Waals surface area contributed by atoms with E-state index in [0.29, 0.717) is 18.2 Å². The van der Waals surface area contributed by atoms with Crippen LogP contribution in [0.25, 0.3) is 0 Å². The normalized spacial score (nSPS) is 22.4. The Labute approximate surface area is 118 Å². The van der Waals surface area contributed by atoms with Gasteiger partial charge >= 0.3 is 0 Å². The second-order valence-electron chi connectivity index (χ2n) is 4.85. The quantitative estimate of drug-likeness (QED) is 0.925. The molecular formula is C14H20ClFN2O. The lowest BCUT2D eigenvalue weighted by Crippen LogP contribution is -2.46. The van der Waals surface area contributed by atoms with Gasteiger partial charge in [-0.25, -0.2) is 4.39 Å². The van der Waals surface area contributed by atoms with E-state index in [1.807, 2.05) is 0 Å². The highest BCUT2D eigenvalue weighted by atomic mass is 35.5. The molecule has 106 valence electrons. The van der Waals surface area contributed by atoms with Crippen LogP contribution in [0.3, 0.4) is 0 Å². The van der Waals surface area contributed by atoms with Crippen LogP contribution in [0.2, 0.25) is 5.02 Å². The minimum Gasteiger partial charge on any atom is -0.376 e. The fourth-order valence-electron chi connectivity index (χ4n) is 2.54. The first-order valence-corrected chi connectivity index (χ1v) is 7.03. The highest BCUT2D eigenvalue weighted by Crippen LogP contribution is 2.26. The zero-order valence-corrected chi connectivity index (χ0v) is 11.9. The highest BCUT2D eigenvalue weighted by Gasteiger charge is 2.26. The van der Waals surface area contributed by atoms with Gasteiger partial charge in [0.15, 0.2) is 0 Å². The average molecular weight is 287 g/mol. The SMILES string of the molecule is CCC1CN(C(CN)c2cc(F)cc(Cl)c2)CCO1. The van der Waals surface area contributed by atoms with Crippen LogP contribution in [0.1, 0.15) is 24.9 Å². The molecule has 2 N–H and O–H groups in total. The number of nitrogens with two attached hydrogens (primary N) is 1. The molecule has 19 heavy (non-hydrogen) atoms. The molecule has 1 saturated heterocycles. The molecule has 1 aromatic rings. The molecular weight excluding hydrogens is 267 g/mol. The molecule has 1 fully saturated rings. The van der Waals surface area contributed by atoms with Gasteiger partial charge in [0.25, 0.3) is 0 Å². The Kier molecular flexibility index (Phi) is 5.16. The van der Waals surface area contributed by atoms with Crippen molar-refractivity contribution in [2.45, 2.75) is 25.5 Å². The monoisotopic (exact) mass is 286 g/mol. The van der Waals surface area contributed by atoms with Gasteiger partial charge < -0.3 is 10.5 Å². The van der Waals surface area contributed by atoms with E-state index in [0.717, 1.165) is 25.1 Å². The van der Waals surface area contributed by atoms with E-state index in [1.54, 1.807) is 6.07 Å². The third-order valence-corrected chi connectivity index (χ3v) is 3.78. The van der Waals surface area contributed by atoms with Crippen molar-refractivity contribution in [1.29, 1.82) is 0 Å². The van der Waals surface area contributed by atoms with Gasteiger partial charge in [0.05, 0.1) is 12.7 Å². The van der Waals surface area contributed by atoms with Crippen molar-refractivity contribution in [1.82, 2.24) is 4.90 Å². The van der Waals surface area contributed by atoms with Crippen molar-refractivity contribution in [3.05, 3.63) is 34.6 Å². The smallest absolute Gasteiger partial charge is 0.125 e. The fraction of sp³-hybridized carbons (Fsp3) is 0.571. The van der Waals surface area contributed by atoms with Gasteiger partial charge in [-0.1, -0.05) is 18.5 Å². The standard InChI is InChI=1S/C14H20ClFN2O/c1-2-13-9-18(3-4-19-13)14(8-17)10-5-11(15)7-12(16)6-10/h5-7,13-14H,2-4,8-9,17H2,1H3. The molecule has 1 aromatic carbocycles. The molecule has 0 saturated carbocycles. The highest BCUT2D eigenvalue weighted by molar-refractivity contribution is 6.30. The minimum atomic E-state index is -0.318. The van der Waals surface area contributed by atoms with Gasteiger partial charge in [0, 0.05) is 30.7 Å². The molecule has 2 rings (SSSR count). The molecule has 5 heteroatoms. The predicted octanol–water partition coefficient (Wildman–Crippen LogP) is 2.59. The van der Waals surface area contributed by atoms with Crippen molar-refractivity contribution < 1.29 is 9.13 Å². The zero-order chi connectivity index (χ0) is 13.8. The molecule has 2 unspecified atom stereocenters. The lowest BCUT2D eigenvalue weighted by atomic mass is 10.0. The fourth-order valence-corrected chi connectivity index (χ4v) is 2.77. The van der Waals surface area contributed by atoms with Crippen LogP contribution in [0, 0.1) is 5.82 Å². The summed E-state index contributed by atoms with van der Waals surface area (Å²) in [6.45, 7) is 4.87. The molecule has 3 nitrogen and oxygen atoms in total. The number of morpholine rings is 1. The van der Waals surface area contributed by atoms with Crippen LogP contribution >= 0.6 is 11.6 Å². The summed E-state index contributed by atoms with van der Waals surface area (Å²) in [7, 11) is 0. The summed E-state index contributed by atoms with van der Waals surface area (Å²) in [5.74, 6) is -0.318. The van der Waals surface area contributed by atoms with Crippen molar-refractivity contribution in [2.75, 3.05) is 26.2 Å². The molecule has 0 bridgehead atoms. The largest absolute Gasteiger partial charge is 0.376 e. The molecule has 2 atom stereocenters. The van der Waals surface area contributed by atoms with E-state index in [9.17, 15) is 4.39 Å². The van der Waals surface area contributed by atoms with E-state index in [2.05, 4.69) is 11.8 Å². The Balaban J connectivity index is 2.18. The number of rotatable bonds is 4.